The molecule has 0 radical (unpaired) electrons. The summed E-state index contributed by atoms with van der Waals surface area (Å²) in [6, 6.07) is 11.4. The van der Waals surface area contributed by atoms with Crippen molar-refractivity contribution < 1.29 is 4.74 Å². The molecular formula is C13H14N2O. The fourth-order valence-electron chi connectivity index (χ4n) is 1.40. The zero-order valence-electron chi connectivity index (χ0n) is 9.13. The molecule has 0 aliphatic heterocycles. The quantitative estimate of drug-likeness (QED) is 0.854. The molecule has 3 heteroatoms. The Kier molecular flexibility index (Phi) is 3.17. The number of rotatable bonds is 3. The van der Waals surface area contributed by atoms with Gasteiger partial charge in [0, 0.05) is 18.4 Å². The Morgan fingerprint density at radius 1 is 1.12 bits per heavy atom. The third-order valence-corrected chi connectivity index (χ3v) is 2.27. The number of hydrogen-bond donors (Lipinski definition) is 1. The van der Waals surface area contributed by atoms with Crippen molar-refractivity contribution in [3.05, 3.63) is 54.4 Å². The summed E-state index contributed by atoms with van der Waals surface area (Å²) < 4.78 is 5.67. The second-order valence-electron chi connectivity index (χ2n) is 3.65. The summed E-state index contributed by atoms with van der Waals surface area (Å²) in [6.07, 6.45) is 3.40. The average molecular weight is 214 g/mol. The van der Waals surface area contributed by atoms with Crippen LogP contribution in [0, 0.1) is 0 Å². The molecule has 2 N–H and O–H groups in total. The van der Waals surface area contributed by atoms with Crippen LogP contribution in [0.2, 0.25) is 0 Å². The van der Waals surface area contributed by atoms with Crippen LogP contribution in [0.1, 0.15) is 18.5 Å². The van der Waals surface area contributed by atoms with Crippen LogP contribution in [-0.2, 0) is 0 Å². The van der Waals surface area contributed by atoms with E-state index in [2.05, 4.69) is 4.98 Å². The van der Waals surface area contributed by atoms with E-state index in [1.54, 1.807) is 12.4 Å². The highest BCUT2D eigenvalue weighted by Crippen LogP contribution is 2.23. The minimum atomic E-state index is 0.0148. The number of nitrogens with zero attached hydrogens (tertiary/aromatic N) is 1. The summed E-state index contributed by atoms with van der Waals surface area (Å²) in [7, 11) is 0. The van der Waals surface area contributed by atoms with Crippen LogP contribution in [0.4, 0.5) is 0 Å². The fraction of sp³-hybridized carbons (Fsp3) is 0.154. The normalized spacial score (nSPS) is 12.1. The van der Waals surface area contributed by atoms with Crippen molar-refractivity contribution in [2.75, 3.05) is 0 Å². The molecule has 0 saturated heterocycles. The van der Waals surface area contributed by atoms with E-state index in [-0.39, 0.29) is 6.04 Å². The van der Waals surface area contributed by atoms with Crippen LogP contribution < -0.4 is 10.5 Å². The second-order valence-corrected chi connectivity index (χ2v) is 3.65. The van der Waals surface area contributed by atoms with Crippen molar-refractivity contribution in [2.45, 2.75) is 13.0 Å². The molecule has 1 atom stereocenters. The first-order valence-corrected chi connectivity index (χ1v) is 5.19. The predicted octanol–water partition coefficient (Wildman–Crippen LogP) is 2.89. The molecular weight excluding hydrogens is 200 g/mol. The first-order valence-electron chi connectivity index (χ1n) is 5.19. The molecule has 0 fully saturated rings. The summed E-state index contributed by atoms with van der Waals surface area (Å²) >= 11 is 0. The van der Waals surface area contributed by atoms with Crippen LogP contribution in [0.25, 0.3) is 0 Å². The monoisotopic (exact) mass is 214 g/mol. The number of nitrogens with two attached hydrogens (primary N) is 1. The van der Waals surface area contributed by atoms with Gasteiger partial charge in [-0.2, -0.15) is 0 Å². The molecule has 16 heavy (non-hydrogen) atoms. The average Bonchev–Trinajstić information content (AvgIpc) is 2.30. The highest BCUT2D eigenvalue weighted by Gasteiger charge is 2.01. The van der Waals surface area contributed by atoms with Crippen molar-refractivity contribution in [3.8, 4) is 11.5 Å². The largest absolute Gasteiger partial charge is 0.457 e. The Balaban J connectivity index is 2.19. The lowest BCUT2D eigenvalue weighted by molar-refractivity contribution is 0.480. The smallest absolute Gasteiger partial charge is 0.130 e. The molecule has 0 aliphatic carbocycles. The Hall–Kier alpha value is -1.87. The minimum absolute atomic E-state index is 0.0148. The Morgan fingerprint density at radius 2 is 1.88 bits per heavy atom. The lowest BCUT2D eigenvalue weighted by Gasteiger charge is -2.09. The SMILES string of the molecule is CC(N)c1cccc(Oc2ccncc2)c1. The highest BCUT2D eigenvalue weighted by molar-refractivity contribution is 5.34. The molecule has 82 valence electrons. The van der Waals surface area contributed by atoms with Gasteiger partial charge in [-0.15, -0.1) is 0 Å². The van der Waals surface area contributed by atoms with Crippen molar-refractivity contribution in [2.24, 2.45) is 5.73 Å². The van der Waals surface area contributed by atoms with Gasteiger partial charge in [-0.25, -0.2) is 0 Å². The Labute approximate surface area is 94.9 Å². The molecule has 0 aliphatic rings. The van der Waals surface area contributed by atoms with Crippen LogP contribution in [0.3, 0.4) is 0 Å². The standard InChI is InChI=1S/C13H14N2O/c1-10(14)11-3-2-4-13(9-11)16-12-5-7-15-8-6-12/h2-10H,14H2,1H3. The zero-order chi connectivity index (χ0) is 11.4. The van der Waals surface area contributed by atoms with Gasteiger partial charge in [-0.1, -0.05) is 12.1 Å². The highest BCUT2D eigenvalue weighted by atomic mass is 16.5. The van der Waals surface area contributed by atoms with E-state index < -0.39 is 0 Å². The molecule has 0 amide bonds. The lowest BCUT2D eigenvalue weighted by Crippen LogP contribution is -2.04. The summed E-state index contributed by atoms with van der Waals surface area (Å²) in [5.74, 6) is 1.57. The molecule has 0 spiro atoms. The van der Waals surface area contributed by atoms with Crippen molar-refractivity contribution >= 4 is 0 Å². The van der Waals surface area contributed by atoms with Gasteiger partial charge >= 0.3 is 0 Å². The number of benzene rings is 1. The third kappa shape index (κ3) is 2.58. The van der Waals surface area contributed by atoms with Crippen LogP contribution in [0.5, 0.6) is 11.5 Å². The molecule has 0 saturated carbocycles. The molecule has 0 bridgehead atoms. The second kappa shape index (κ2) is 4.77. The first kappa shape index (κ1) is 10.6. The van der Waals surface area contributed by atoms with Crippen molar-refractivity contribution in [1.29, 1.82) is 0 Å². The van der Waals surface area contributed by atoms with Crippen LogP contribution in [0.15, 0.2) is 48.8 Å². The first-order chi connectivity index (χ1) is 7.75. The van der Waals surface area contributed by atoms with E-state index in [4.69, 9.17) is 10.5 Å². The molecule has 2 rings (SSSR count). The topological polar surface area (TPSA) is 48.1 Å². The van der Waals surface area contributed by atoms with Crippen molar-refractivity contribution in [1.82, 2.24) is 4.98 Å². The number of aromatic nitrogens is 1. The molecule has 1 unspecified atom stereocenters. The van der Waals surface area contributed by atoms with E-state index in [0.29, 0.717) is 0 Å². The van der Waals surface area contributed by atoms with Gasteiger partial charge in [0.15, 0.2) is 0 Å². The minimum Gasteiger partial charge on any atom is -0.457 e. The Morgan fingerprint density at radius 3 is 2.56 bits per heavy atom. The predicted molar refractivity (Wildman–Crippen MR) is 63.4 cm³/mol. The summed E-state index contributed by atoms with van der Waals surface area (Å²) in [5.41, 5.74) is 6.87. The van der Waals surface area contributed by atoms with Gasteiger partial charge in [0.1, 0.15) is 11.5 Å². The number of pyridine rings is 1. The van der Waals surface area contributed by atoms with E-state index in [9.17, 15) is 0 Å². The van der Waals surface area contributed by atoms with Gasteiger partial charge in [0.25, 0.3) is 0 Å². The van der Waals surface area contributed by atoms with E-state index in [1.165, 1.54) is 0 Å². The van der Waals surface area contributed by atoms with Gasteiger partial charge in [0.05, 0.1) is 0 Å². The maximum atomic E-state index is 5.81. The molecule has 2 aromatic rings. The molecule has 1 aromatic carbocycles. The van der Waals surface area contributed by atoms with Crippen molar-refractivity contribution in [3.63, 3.8) is 0 Å². The molecule has 1 aromatic heterocycles. The van der Waals surface area contributed by atoms with Crippen LogP contribution in [-0.4, -0.2) is 4.98 Å². The zero-order valence-corrected chi connectivity index (χ0v) is 9.13. The van der Waals surface area contributed by atoms with E-state index in [0.717, 1.165) is 17.1 Å². The lowest BCUT2D eigenvalue weighted by atomic mass is 10.1. The van der Waals surface area contributed by atoms with Crippen LogP contribution >= 0.6 is 0 Å². The van der Waals surface area contributed by atoms with E-state index in [1.807, 2.05) is 43.3 Å². The molecule has 3 nitrogen and oxygen atoms in total. The maximum absolute atomic E-state index is 5.81. The summed E-state index contributed by atoms with van der Waals surface area (Å²) in [6.45, 7) is 1.95. The fourth-order valence-corrected chi connectivity index (χ4v) is 1.40. The van der Waals surface area contributed by atoms with Gasteiger partial charge in [-0.3, -0.25) is 4.98 Å². The Bertz CT molecular complexity index is 454. The number of hydrogen-bond acceptors (Lipinski definition) is 3. The molecule has 1 heterocycles. The number of ether oxygens (including phenoxy) is 1. The third-order valence-electron chi connectivity index (χ3n) is 2.27. The summed E-state index contributed by atoms with van der Waals surface area (Å²) in [5, 5.41) is 0. The van der Waals surface area contributed by atoms with Gasteiger partial charge in [0.2, 0.25) is 0 Å². The van der Waals surface area contributed by atoms with Gasteiger partial charge in [-0.05, 0) is 36.8 Å². The maximum Gasteiger partial charge on any atom is 0.130 e. The van der Waals surface area contributed by atoms with Gasteiger partial charge < -0.3 is 10.5 Å². The summed E-state index contributed by atoms with van der Waals surface area (Å²) in [4.78, 5) is 3.93. The van der Waals surface area contributed by atoms with E-state index >= 15 is 0 Å².